The molecule has 3 nitrogen and oxygen atoms in total. The summed E-state index contributed by atoms with van der Waals surface area (Å²) in [4.78, 5) is 12.2. The van der Waals surface area contributed by atoms with E-state index in [0.29, 0.717) is 18.5 Å². The highest BCUT2D eigenvalue weighted by Crippen LogP contribution is 2.26. The molecule has 1 atom stereocenters. The standard InChI is InChI=1S/C15H19NO2/c17-14-15(18,13-9-5-4-6-10-13)11-7-2-1-3-8-12-16-14/h2,4-7,9-10,18H,1,3,8,11-12H2,(H,16,17)/b7-2+. The van der Waals surface area contributed by atoms with Gasteiger partial charge in [0.05, 0.1) is 0 Å². The Balaban J connectivity index is 2.29. The SMILES string of the molecule is O=C1NCCCC/C=C/CC1(O)c1ccccc1. The molecule has 3 heteroatoms. The molecule has 2 rings (SSSR count). The molecule has 0 spiro atoms. The van der Waals surface area contributed by atoms with E-state index in [0.717, 1.165) is 19.3 Å². The Kier molecular flexibility index (Phi) is 4.15. The van der Waals surface area contributed by atoms with Crippen molar-refractivity contribution in [3.63, 3.8) is 0 Å². The van der Waals surface area contributed by atoms with E-state index < -0.39 is 5.60 Å². The molecule has 0 saturated heterocycles. The van der Waals surface area contributed by atoms with E-state index in [4.69, 9.17) is 0 Å². The van der Waals surface area contributed by atoms with Gasteiger partial charge in [0.1, 0.15) is 0 Å². The van der Waals surface area contributed by atoms with Crippen LogP contribution in [0.5, 0.6) is 0 Å². The monoisotopic (exact) mass is 245 g/mol. The number of aliphatic hydroxyl groups is 1. The maximum atomic E-state index is 12.2. The van der Waals surface area contributed by atoms with E-state index >= 15 is 0 Å². The lowest BCUT2D eigenvalue weighted by Gasteiger charge is -2.27. The number of carbonyl (C=O) groups excluding carboxylic acids is 1. The second-order valence-corrected chi connectivity index (χ2v) is 4.65. The molecule has 1 amide bonds. The van der Waals surface area contributed by atoms with Crippen molar-refractivity contribution in [1.82, 2.24) is 5.32 Å². The van der Waals surface area contributed by atoms with Crippen molar-refractivity contribution in [2.24, 2.45) is 0 Å². The van der Waals surface area contributed by atoms with Crippen LogP contribution in [0.15, 0.2) is 42.5 Å². The molecule has 1 aromatic rings. The van der Waals surface area contributed by atoms with Gasteiger partial charge >= 0.3 is 0 Å². The molecule has 0 radical (unpaired) electrons. The molecule has 0 fully saturated rings. The summed E-state index contributed by atoms with van der Waals surface area (Å²) in [6.07, 6.45) is 7.29. The van der Waals surface area contributed by atoms with Crippen LogP contribution in [0.3, 0.4) is 0 Å². The topological polar surface area (TPSA) is 49.3 Å². The lowest BCUT2D eigenvalue weighted by atomic mass is 9.88. The second kappa shape index (κ2) is 5.83. The third kappa shape index (κ3) is 2.79. The smallest absolute Gasteiger partial charge is 0.256 e. The van der Waals surface area contributed by atoms with Crippen LogP contribution >= 0.6 is 0 Å². The first-order chi connectivity index (χ1) is 8.73. The van der Waals surface area contributed by atoms with Gasteiger partial charge in [-0.15, -0.1) is 0 Å². The van der Waals surface area contributed by atoms with Gasteiger partial charge in [-0.3, -0.25) is 4.79 Å². The number of nitrogens with one attached hydrogen (secondary N) is 1. The van der Waals surface area contributed by atoms with Gasteiger partial charge in [-0.25, -0.2) is 0 Å². The van der Waals surface area contributed by atoms with Crippen LogP contribution in [0.1, 0.15) is 31.2 Å². The highest BCUT2D eigenvalue weighted by molar-refractivity contribution is 5.86. The zero-order valence-electron chi connectivity index (χ0n) is 10.4. The molecule has 0 saturated carbocycles. The third-order valence-corrected chi connectivity index (χ3v) is 3.29. The molecule has 18 heavy (non-hydrogen) atoms. The zero-order chi connectivity index (χ0) is 12.8. The predicted octanol–water partition coefficient (Wildman–Crippen LogP) is 2.12. The first-order valence-electron chi connectivity index (χ1n) is 6.45. The van der Waals surface area contributed by atoms with Crippen LogP contribution < -0.4 is 5.32 Å². The first-order valence-corrected chi connectivity index (χ1v) is 6.45. The summed E-state index contributed by atoms with van der Waals surface area (Å²) < 4.78 is 0. The van der Waals surface area contributed by atoms with E-state index in [2.05, 4.69) is 5.32 Å². The zero-order valence-corrected chi connectivity index (χ0v) is 10.4. The lowest BCUT2D eigenvalue weighted by Crippen LogP contribution is -2.44. The summed E-state index contributed by atoms with van der Waals surface area (Å²) in [7, 11) is 0. The molecule has 96 valence electrons. The number of hydrogen-bond acceptors (Lipinski definition) is 2. The van der Waals surface area contributed by atoms with Crippen LogP contribution in [0, 0.1) is 0 Å². The van der Waals surface area contributed by atoms with Gasteiger partial charge in [0.2, 0.25) is 0 Å². The van der Waals surface area contributed by atoms with Gasteiger partial charge in [-0.05, 0) is 24.8 Å². The fourth-order valence-electron chi connectivity index (χ4n) is 2.16. The molecule has 1 unspecified atom stereocenters. The molecule has 2 N–H and O–H groups in total. The lowest BCUT2D eigenvalue weighted by molar-refractivity contribution is -0.140. The van der Waals surface area contributed by atoms with Gasteiger partial charge in [0.25, 0.3) is 5.91 Å². The van der Waals surface area contributed by atoms with E-state index in [1.54, 1.807) is 12.1 Å². The fraction of sp³-hybridized carbons (Fsp3) is 0.400. The molecular weight excluding hydrogens is 226 g/mol. The van der Waals surface area contributed by atoms with Crippen molar-refractivity contribution < 1.29 is 9.90 Å². The Bertz CT molecular complexity index is 427. The third-order valence-electron chi connectivity index (χ3n) is 3.29. The number of carbonyl (C=O) groups is 1. The van der Waals surface area contributed by atoms with Gasteiger partial charge in [0, 0.05) is 13.0 Å². The molecule has 1 aliphatic heterocycles. The normalized spacial score (nSPS) is 27.3. The van der Waals surface area contributed by atoms with Gasteiger partial charge < -0.3 is 10.4 Å². The maximum absolute atomic E-state index is 12.2. The Labute approximate surface area is 108 Å². The van der Waals surface area contributed by atoms with Crippen molar-refractivity contribution in [1.29, 1.82) is 0 Å². The molecule has 0 aliphatic carbocycles. The Hall–Kier alpha value is -1.61. The van der Waals surface area contributed by atoms with Crippen LogP contribution in [-0.2, 0) is 10.4 Å². The van der Waals surface area contributed by atoms with Crippen molar-refractivity contribution >= 4 is 5.91 Å². The van der Waals surface area contributed by atoms with Crippen LogP contribution in [0.4, 0.5) is 0 Å². The number of benzene rings is 1. The molecule has 0 bridgehead atoms. The van der Waals surface area contributed by atoms with E-state index in [1.165, 1.54) is 0 Å². The number of rotatable bonds is 1. The number of hydrogen-bond donors (Lipinski definition) is 2. The number of allylic oxidation sites excluding steroid dienone is 1. The van der Waals surface area contributed by atoms with Crippen LogP contribution in [0.2, 0.25) is 0 Å². The molecule has 1 aromatic carbocycles. The minimum atomic E-state index is -1.45. The summed E-state index contributed by atoms with van der Waals surface area (Å²) in [5.74, 6) is -0.305. The van der Waals surface area contributed by atoms with E-state index in [9.17, 15) is 9.90 Å². The first kappa shape index (κ1) is 12.8. The summed E-state index contributed by atoms with van der Waals surface area (Å²) in [5.41, 5.74) is -0.803. The Morgan fingerprint density at radius 2 is 1.89 bits per heavy atom. The van der Waals surface area contributed by atoms with Crippen molar-refractivity contribution in [2.75, 3.05) is 6.54 Å². The van der Waals surface area contributed by atoms with Gasteiger partial charge in [0.15, 0.2) is 5.60 Å². The fourth-order valence-corrected chi connectivity index (χ4v) is 2.16. The number of amides is 1. The van der Waals surface area contributed by atoms with Crippen molar-refractivity contribution in [3.05, 3.63) is 48.0 Å². The highest BCUT2D eigenvalue weighted by atomic mass is 16.3. The highest BCUT2D eigenvalue weighted by Gasteiger charge is 2.36. The Morgan fingerprint density at radius 1 is 1.11 bits per heavy atom. The summed E-state index contributed by atoms with van der Waals surface area (Å²) >= 11 is 0. The minimum Gasteiger partial charge on any atom is -0.375 e. The van der Waals surface area contributed by atoms with E-state index in [-0.39, 0.29) is 5.91 Å². The minimum absolute atomic E-state index is 0.305. The predicted molar refractivity (Wildman–Crippen MR) is 71.0 cm³/mol. The van der Waals surface area contributed by atoms with Crippen LogP contribution in [-0.4, -0.2) is 17.6 Å². The second-order valence-electron chi connectivity index (χ2n) is 4.65. The van der Waals surface area contributed by atoms with Crippen LogP contribution in [0.25, 0.3) is 0 Å². The molecule has 1 heterocycles. The quantitative estimate of drug-likeness (QED) is 0.745. The molecule has 1 aliphatic rings. The van der Waals surface area contributed by atoms with Crippen molar-refractivity contribution in [3.8, 4) is 0 Å². The molecule has 0 aromatic heterocycles. The average molecular weight is 245 g/mol. The maximum Gasteiger partial charge on any atom is 0.256 e. The average Bonchev–Trinajstić information content (AvgIpc) is 2.42. The Morgan fingerprint density at radius 3 is 2.67 bits per heavy atom. The largest absolute Gasteiger partial charge is 0.375 e. The van der Waals surface area contributed by atoms with Gasteiger partial charge in [-0.1, -0.05) is 42.5 Å². The van der Waals surface area contributed by atoms with Crippen molar-refractivity contribution in [2.45, 2.75) is 31.3 Å². The summed E-state index contributed by atoms with van der Waals surface area (Å²) in [6.45, 7) is 0.627. The van der Waals surface area contributed by atoms with E-state index in [1.807, 2.05) is 30.4 Å². The summed E-state index contributed by atoms with van der Waals surface area (Å²) in [5, 5.41) is 13.5. The molecular formula is C15H19NO2. The van der Waals surface area contributed by atoms with Gasteiger partial charge in [-0.2, -0.15) is 0 Å². The summed E-state index contributed by atoms with van der Waals surface area (Å²) in [6, 6.07) is 9.13.